The first-order valence-electron chi connectivity index (χ1n) is 6.49. The van der Waals surface area contributed by atoms with E-state index in [4.69, 9.17) is 26.6 Å². The predicted molar refractivity (Wildman–Crippen MR) is 79.9 cm³/mol. The monoisotopic (exact) mass is 323 g/mol. The van der Waals surface area contributed by atoms with E-state index in [-0.39, 0.29) is 12.0 Å². The van der Waals surface area contributed by atoms with Gasteiger partial charge in [-0.2, -0.15) is 0 Å². The number of hydrogen-bond acceptors (Lipinski definition) is 4. The van der Waals surface area contributed by atoms with Gasteiger partial charge in [0.2, 0.25) is 0 Å². The van der Waals surface area contributed by atoms with Crippen molar-refractivity contribution in [2.45, 2.75) is 12.5 Å². The van der Waals surface area contributed by atoms with E-state index in [1.54, 1.807) is 30.3 Å². The zero-order valence-corrected chi connectivity index (χ0v) is 12.2. The van der Waals surface area contributed by atoms with Gasteiger partial charge in [-0.25, -0.2) is 9.59 Å². The Hall–Kier alpha value is -2.31. The third-order valence-electron chi connectivity index (χ3n) is 3.06. The number of carboxylic acid groups (broad SMARTS) is 2. The summed E-state index contributed by atoms with van der Waals surface area (Å²) >= 11 is 5.79. The summed E-state index contributed by atoms with van der Waals surface area (Å²) in [6.07, 6.45) is 2.73. The molecule has 1 aromatic rings. The standard InChI is InChI=1S/C15H14ClNO5/c16-9-1-3-10(4-2-9)22-11-5-6-17-13(7-11)12(15(20)21)8-14(18)19/h1-5,8,13,17H,6-7H2,(H,18,19)(H,20,21)/b12-8+. The molecule has 0 spiro atoms. The minimum atomic E-state index is -1.30. The summed E-state index contributed by atoms with van der Waals surface area (Å²) in [5.74, 6) is -1.42. The fourth-order valence-corrected chi connectivity index (χ4v) is 2.20. The minimum absolute atomic E-state index is 0.210. The van der Waals surface area contributed by atoms with Crippen LogP contribution in [0.4, 0.5) is 0 Å². The molecule has 0 aromatic heterocycles. The van der Waals surface area contributed by atoms with Gasteiger partial charge in [-0.05, 0) is 30.3 Å². The number of benzene rings is 1. The Bertz CT molecular complexity index is 636. The van der Waals surface area contributed by atoms with Crippen LogP contribution in [0.5, 0.6) is 5.75 Å². The maximum Gasteiger partial charge on any atom is 0.333 e. The molecule has 1 heterocycles. The zero-order valence-electron chi connectivity index (χ0n) is 11.5. The van der Waals surface area contributed by atoms with Crippen molar-refractivity contribution < 1.29 is 24.5 Å². The summed E-state index contributed by atoms with van der Waals surface area (Å²) in [6, 6.07) is 6.14. The quantitative estimate of drug-likeness (QED) is 0.718. The molecule has 0 amide bonds. The number of ether oxygens (including phenoxy) is 1. The van der Waals surface area contributed by atoms with Crippen LogP contribution in [0.25, 0.3) is 0 Å². The highest BCUT2D eigenvalue weighted by atomic mass is 35.5. The fraction of sp³-hybridized carbons (Fsp3) is 0.200. The molecule has 116 valence electrons. The van der Waals surface area contributed by atoms with Crippen molar-refractivity contribution in [1.29, 1.82) is 0 Å². The molecule has 2 rings (SSSR count). The van der Waals surface area contributed by atoms with Gasteiger partial charge in [-0.1, -0.05) is 11.6 Å². The van der Waals surface area contributed by atoms with Crippen LogP contribution in [0.3, 0.4) is 0 Å². The van der Waals surface area contributed by atoms with E-state index >= 15 is 0 Å². The molecule has 1 aliphatic heterocycles. The number of nitrogens with one attached hydrogen (secondary N) is 1. The average molecular weight is 324 g/mol. The van der Waals surface area contributed by atoms with Crippen LogP contribution in [-0.2, 0) is 9.59 Å². The first kappa shape index (κ1) is 16.1. The van der Waals surface area contributed by atoms with E-state index in [1.807, 2.05) is 0 Å². The van der Waals surface area contributed by atoms with Crippen molar-refractivity contribution in [2.24, 2.45) is 0 Å². The van der Waals surface area contributed by atoms with Crippen LogP contribution < -0.4 is 10.1 Å². The van der Waals surface area contributed by atoms with Gasteiger partial charge >= 0.3 is 11.9 Å². The molecule has 1 aromatic carbocycles. The van der Waals surface area contributed by atoms with Gasteiger partial charge in [0.25, 0.3) is 0 Å². The van der Waals surface area contributed by atoms with Crippen LogP contribution >= 0.6 is 11.6 Å². The summed E-state index contributed by atoms with van der Waals surface area (Å²) in [6.45, 7) is 0.387. The topological polar surface area (TPSA) is 95.9 Å². The summed E-state index contributed by atoms with van der Waals surface area (Å²) < 4.78 is 5.67. The van der Waals surface area contributed by atoms with Crippen molar-refractivity contribution in [3.8, 4) is 5.75 Å². The second kappa shape index (κ2) is 7.11. The molecule has 0 aliphatic carbocycles. The first-order chi connectivity index (χ1) is 10.5. The van der Waals surface area contributed by atoms with E-state index in [0.29, 0.717) is 29.2 Å². The largest absolute Gasteiger partial charge is 0.478 e. The molecular weight excluding hydrogens is 310 g/mol. The second-order valence-corrected chi connectivity index (χ2v) is 5.07. The lowest BCUT2D eigenvalue weighted by atomic mass is 9.99. The molecule has 7 heteroatoms. The van der Waals surface area contributed by atoms with Crippen molar-refractivity contribution in [2.75, 3.05) is 6.54 Å². The van der Waals surface area contributed by atoms with E-state index in [2.05, 4.69) is 5.32 Å². The maximum absolute atomic E-state index is 11.2. The van der Waals surface area contributed by atoms with E-state index in [0.717, 1.165) is 0 Å². The van der Waals surface area contributed by atoms with Crippen molar-refractivity contribution in [1.82, 2.24) is 5.32 Å². The number of carboxylic acids is 2. The molecule has 0 saturated carbocycles. The third-order valence-corrected chi connectivity index (χ3v) is 3.32. The predicted octanol–water partition coefficient (Wildman–Crippen LogP) is 2.06. The molecule has 1 atom stereocenters. The normalized spacial score (nSPS) is 18.5. The van der Waals surface area contributed by atoms with Gasteiger partial charge in [-0.3, -0.25) is 0 Å². The Kier molecular flexibility index (Phi) is 5.19. The van der Waals surface area contributed by atoms with Gasteiger partial charge in [0, 0.05) is 30.1 Å². The van der Waals surface area contributed by atoms with E-state index in [1.165, 1.54) is 0 Å². The fourth-order valence-electron chi connectivity index (χ4n) is 2.07. The van der Waals surface area contributed by atoms with Crippen LogP contribution in [0.15, 0.2) is 47.7 Å². The molecule has 1 aliphatic rings. The molecule has 0 fully saturated rings. The van der Waals surface area contributed by atoms with Crippen LogP contribution in [0.2, 0.25) is 5.02 Å². The number of carbonyl (C=O) groups is 2. The van der Waals surface area contributed by atoms with Gasteiger partial charge in [0.15, 0.2) is 0 Å². The summed E-state index contributed by atoms with van der Waals surface area (Å²) in [5.41, 5.74) is -0.210. The highest BCUT2D eigenvalue weighted by molar-refractivity contribution is 6.30. The molecular formula is C15H14ClNO5. The summed E-state index contributed by atoms with van der Waals surface area (Å²) in [5, 5.41) is 21.4. The molecule has 1 unspecified atom stereocenters. The number of aliphatic carboxylic acids is 2. The Balaban J connectivity index is 2.10. The SMILES string of the molecule is O=C(O)/C=C(/C(=O)O)C1CC(Oc2ccc(Cl)cc2)=CCN1. The number of rotatable bonds is 5. The van der Waals surface area contributed by atoms with Gasteiger partial charge in [0.05, 0.1) is 5.57 Å². The number of halogens is 1. The Morgan fingerprint density at radius 2 is 1.95 bits per heavy atom. The highest BCUT2D eigenvalue weighted by Crippen LogP contribution is 2.23. The van der Waals surface area contributed by atoms with Crippen LogP contribution in [-0.4, -0.2) is 34.7 Å². The van der Waals surface area contributed by atoms with Crippen LogP contribution in [0.1, 0.15) is 6.42 Å². The zero-order chi connectivity index (χ0) is 16.1. The molecule has 3 N–H and O–H groups in total. The Labute approximate surface area is 131 Å². The molecule has 0 radical (unpaired) electrons. The Morgan fingerprint density at radius 3 is 2.55 bits per heavy atom. The van der Waals surface area contributed by atoms with Crippen molar-refractivity contribution in [3.05, 3.63) is 52.8 Å². The smallest absolute Gasteiger partial charge is 0.333 e. The lowest BCUT2D eigenvalue weighted by Crippen LogP contribution is -2.38. The molecule has 0 bridgehead atoms. The van der Waals surface area contributed by atoms with E-state index < -0.39 is 18.0 Å². The highest BCUT2D eigenvalue weighted by Gasteiger charge is 2.25. The van der Waals surface area contributed by atoms with Crippen molar-refractivity contribution in [3.63, 3.8) is 0 Å². The summed E-state index contributed by atoms with van der Waals surface area (Å²) in [7, 11) is 0. The molecule has 0 saturated heterocycles. The summed E-state index contributed by atoms with van der Waals surface area (Å²) in [4.78, 5) is 21.9. The van der Waals surface area contributed by atoms with Gasteiger partial charge in [0.1, 0.15) is 11.5 Å². The second-order valence-electron chi connectivity index (χ2n) is 4.63. The third kappa shape index (κ3) is 4.34. The molecule has 22 heavy (non-hydrogen) atoms. The first-order valence-corrected chi connectivity index (χ1v) is 6.87. The number of hydrogen-bond donors (Lipinski definition) is 3. The van der Waals surface area contributed by atoms with Gasteiger partial charge < -0.3 is 20.3 Å². The lowest BCUT2D eigenvalue weighted by Gasteiger charge is -2.24. The van der Waals surface area contributed by atoms with Gasteiger partial charge in [-0.15, -0.1) is 0 Å². The van der Waals surface area contributed by atoms with Crippen molar-refractivity contribution >= 4 is 23.5 Å². The Morgan fingerprint density at radius 1 is 1.27 bits per heavy atom. The maximum atomic E-state index is 11.2. The lowest BCUT2D eigenvalue weighted by molar-refractivity contribution is -0.135. The van der Waals surface area contributed by atoms with Crippen LogP contribution in [0, 0.1) is 0 Å². The average Bonchev–Trinajstić information content (AvgIpc) is 2.47. The molecule has 6 nitrogen and oxygen atoms in total. The van der Waals surface area contributed by atoms with E-state index in [9.17, 15) is 9.59 Å². The minimum Gasteiger partial charge on any atom is -0.478 e.